The molecular weight excluding hydrogens is 347 g/mol. The minimum Gasteiger partial charge on any atom is -0.507 e. The van der Waals surface area contributed by atoms with E-state index in [1.54, 1.807) is 18.2 Å². The minimum atomic E-state index is -0.374. The number of hydrogen-bond donors (Lipinski definition) is 1. The van der Waals surface area contributed by atoms with Gasteiger partial charge in [-0.15, -0.1) is 0 Å². The molecule has 2 aromatic rings. The van der Waals surface area contributed by atoms with Crippen LogP contribution in [0.1, 0.15) is 21.5 Å². The van der Waals surface area contributed by atoms with Crippen molar-refractivity contribution < 1.29 is 19.0 Å². The molecule has 0 saturated carbocycles. The molecule has 2 aromatic carbocycles. The SMILES string of the molecule is CN1CCN(Cc2c(O)ccc3c2O/C(=C\c2cccc(F)c2)C3=O)CC1. The number of fused-ring (bicyclic) bond motifs is 1. The molecule has 2 aliphatic rings. The highest BCUT2D eigenvalue weighted by Gasteiger charge is 2.32. The Balaban J connectivity index is 1.63. The average Bonchev–Trinajstić information content (AvgIpc) is 2.95. The fraction of sp³-hybridized carbons (Fsp3) is 0.286. The third-order valence-electron chi connectivity index (χ3n) is 5.04. The number of likely N-dealkylation sites (N-methyl/N-ethyl adjacent to an activating group) is 1. The quantitative estimate of drug-likeness (QED) is 0.845. The molecule has 0 aliphatic carbocycles. The number of ether oxygens (including phenoxy) is 1. The summed E-state index contributed by atoms with van der Waals surface area (Å²) in [6.07, 6.45) is 1.53. The maximum atomic E-state index is 13.4. The summed E-state index contributed by atoms with van der Waals surface area (Å²) in [5.41, 5.74) is 1.60. The van der Waals surface area contributed by atoms with Crippen molar-refractivity contribution in [3.63, 3.8) is 0 Å². The molecule has 0 radical (unpaired) electrons. The lowest BCUT2D eigenvalue weighted by atomic mass is 10.0. The van der Waals surface area contributed by atoms with E-state index in [0.29, 0.717) is 29.0 Å². The van der Waals surface area contributed by atoms with Crippen LogP contribution in [0.4, 0.5) is 4.39 Å². The molecule has 5 nitrogen and oxygen atoms in total. The number of aromatic hydroxyl groups is 1. The number of rotatable bonds is 3. The summed E-state index contributed by atoms with van der Waals surface area (Å²) in [5, 5.41) is 10.4. The van der Waals surface area contributed by atoms with E-state index in [4.69, 9.17) is 4.74 Å². The monoisotopic (exact) mass is 368 g/mol. The van der Waals surface area contributed by atoms with Crippen molar-refractivity contribution in [2.45, 2.75) is 6.54 Å². The molecule has 4 rings (SSSR count). The number of hydrogen-bond acceptors (Lipinski definition) is 5. The highest BCUT2D eigenvalue weighted by Crippen LogP contribution is 2.40. The van der Waals surface area contributed by atoms with Gasteiger partial charge >= 0.3 is 0 Å². The van der Waals surface area contributed by atoms with Crippen LogP contribution in [0.5, 0.6) is 11.5 Å². The van der Waals surface area contributed by atoms with Gasteiger partial charge in [-0.1, -0.05) is 12.1 Å². The molecule has 1 saturated heterocycles. The largest absolute Gasteiger partial charge is 0.507 e. The number of Topliss-reactive ketones (excluding diaryl/α,β-unsaturated/α-hetero) is 1. The molecule has 0 atom stereocenters. The molecule has 1 fully saturated rings. The van der Waals surface area contributed by atoms with Crippen molar-refractivity contribution in [1.29, 1.82) is 0 Å². The van der Waals surface area contributed by atoms with E-state index in [9.17, 15) is 14.3 Å². The first kappa shape index (κ1) is 17.7. The molecule has 27 heavy (non-hydrogen) atoms. The van der Waals surface area contributed by atoms with Crippen LogP contribution < -0.4 is 4.74 Å². The van der Waals surface area contributed by atoms with Gasteiger partial charge in [-0.05, 0) is 43.0 Å². The Labute approximate surface area is 157 Å². The standard InChI is InChI=1S/C21H21FN2O3/c1-23-7-9-24(10-8-23)13-17-18(25)6-5-16-20(26)19(27-21(16)17)12-14-3-2-4-15(22)11-14/h2-6,11-12,25H,7-10,13H2,1H3/b19-12-. The van der Waals surface area contributed by atoms with Crippen LogP contribution in [-0.4, -0.2) is 53.9 Å². The van der Waals surface area contributed by atoms with E-state index in [1.807, 2.05) is 0 Å². The second kappa shape index (κ2) is 7.13. The van der Waals surface area contributed by atoms with E-state index in [2.05, 4.69) is 16.8 Å². The summed E-state index contributed by atoms with van der Waals surface area (Å²) < 4.78 is 19.2. The number of ketones is 1. The van der Waals surface area contributed by atoms with E-state index in [1.165, 1.54) is 24.3 Å². The first-order chi connectivity index (χ1) is 13.0. The Morgan fingerprint density at radius 1 is 1.19 bits per heavy atom. The topological polar surface area (TPSA) is 53.0 Å². The molecule has 0 bridgehead atoms. The predicted molar refractivity (Wildman–Crippen MR) is 100 cm³/mol. The number of carbonyl (C=O) groups excluding carboxylic acids is 1. The number of halogens is 1. The number of carbonyl (C=O) groups is 1. The lowest BCUT2D eigenvalue weighted by Gasteiger charge is -2.32. The molecule has 2 aliphatic heterocycles. The normalized spacial score (nSPS) is 19.3. The van der Waals surface area contributed by atoms with E-state index in [-0.39, 0.29) is 23.1 Å². The van der Waals surface area contributed by atoms with Gasteiger partial charge in [0.15, 0.2) is 5.76 Å². The van der Waals surface area contributed by atoms with Crippen LogP contribution in [0.25, 0.3) is 6.08 Å². The van der Waals surface area contributed by atoms with E-state index < -0.39 is 0 Å². The molecule has 0 spiro atoms. The van der Waals surface area contributed by atoms with Crippen LogP contribution in [-0.2, 0) is 6.54 Å². The van der Waals surface area contributed by atoms with Gasteiger partial charge in [0.05, 0.1) is 11.1 Å². The molecular formula is C21H21FN2O3. The summed E-state index contributed by atoms with van der Waals surface area (Å²) in [4.78, 5) is 17.2. The third-order valence-corrected chi connectivity index (χ3v) is 5.04. The average molecular weight is 368 g/mol. The van der Waals surface area contributed by atoms with Gasteiger partial charge in [-0.25, -0.2) is 4.39 Å². The van der Waals surface area contributed by atoms with Crippen molar-refractivity contribution in [1.82, 2.24) is 9.80 Å². The fourth-order valence-corrected chi connectivity index (χ4v) is 3.43. The summed E-state index contributed by atoms with van der Waals surface area (Å²) in [5.74, 6) is 0.0319. The molecule has 140 valence electrons. The number of phenols is 1. The highest BCUT2D eigenvalue weighted by atomic mass is 19.1. The van der Waals surface area contributed by atoms with Gasteiger partial charge in [0.25, 0.3) is 0 Å². The molecule has 1 N–H and O–H groups in total. The van der Waals surface area contributed by atoms with Crippen LogP contribution in [0.2, 0.25) is 0 Å². The van der Waals surface area contributed by atoms with Gasteiger partial charge in [0.2, 0.25) is 5.78 Å². The molecule has 0 unspecified atom stereocenters. The number of nitrogens with zero attached hydrogens (tertiary/aromatic N) is 2. The first-order valence-electron chi connectivity index (χ1n) is 8.97. The lowest BCUT2D eigenvalue weighted by molar-refractivity contribution is 0.101. The number of benzene rings is 2. The zero-order valence-corrected chi connectivity index (χ0v) is 15.1. The van der Waals surface area contributed by atoms with Crippen molar-refractivity contribution in [2.24, 2.45) is 0 Å². The van der Waals surface area contributed by atoms with Crippen LogP contribution >= 0.6 is 0 Å². The van der Waals surface area contributed by atoms with Crippen LogP contribution in [0, 0.1) is 5.82 Å². The van der Waals surface area contributed by atoms with Crippen LogP contribution in [0.3, 0.4) is 0 Å². The molecule has 0 amide bonds. The second-order valence-electron chi connectivity index (χ2n) is 7.01. The summed E-state index contributed by atoms with van der Waals surface area (Å²) >= 11 is 0. The van der Waals surface area contributed by atoms with Crippen molar-refractivity contribution in [2.75, 3.05) is 33.2 Å². The van der Waals surface area contributed by atoms with Crippen molar-refractivity contribution in [3.8, 4) is 11.5 Å². The Morgan fingerprint density at radius 3 is 2.70 bits per heavy atom. The summed E-state index contributed by atoms with van der Waals surface area (Å²) in [6.45, 7) is 4.21. The molecule has 6 heteroatoms. The summed E-state index contributed by atoms with van der Waals surface area (Å²) in [6, 6.07) is 9.09. The van der Waals surface area contributed by atoms with Crippen molar-refractivity contribution in [3.05, 3.63) is 64.7 Å². The smallest absolute Gasteiger partial charge is 0.231 e. The zero-order chi connectivity index (χ0) is 19.0. The summed E-state index contributed by atoms with van der Waals surface area (Å²) in [7, 11) is 2.08. The van der Waals surface area contributed by atoms with Gasteiger partial charge < -0.3 is 14.7 Å². The third kappa shape index (κ3) is 3.59. The van der Waals surface area contributed by atoms with E-state index in [0.717, 1.165) is 26.2 Å². The van der Waals surface area contributed by atoms with Gasteiger partial charge in [-0.2, -0.15) is 0 Å². The fourth-order valence-electron chi connectivity index (χ4n) is 3.43. The Bertz CT molecular complexity index is 918. The Morgan fingerprint density at radius 2 is 1.96 bits per heavy atom. The predicted octanol–water partition coefficient (Wildman–Crippen LogP) is 2.89. The van der Waals surface area contributed by atoms with Gasteiger partial charge in [0, 0.05) is 32.7 Å². The van der Waals surface area contributed by atoms with E-state index >= 15 is 0 Å². The number of phenolic OH excluding ortho intramolecular Hbond substituents is 1. The molecule has 0 aromatic heterocycles. The minimum absolute atomic E-state index is 0.118. The lowest BCUT2D eigenvalue weighted by Crippen LogP contribution is -2.43. The Kier molecular flexibility index (Phi) is 4.68. The highest BCUT2D eigenvalue weighted by molar-refractivity contribution is 6.15. The van der Waals surface area contributed by atoms with Crippen molar-refractivity contribution >= 4 is 11.9 Å². The maximum Gasteiger partial charge on any atom is 0.231 e. The van der Waals surface area contributed by atoms with Gasteiger partial charge in [-0.3, -0.25) is 9.69 Å². The number of allylic oxidation sites excluding steroid dienone is 1. The molecule has 2 heterocycles. The van der Waals surface area contributed by atoms with Gasteiger partial charge in [0.1, 0.15) is 17.3 Å². The first-order valence-corrected chi connectivity index (χ1v) is 8.97. The Hall–Kier alpha value is -2.70. The van der Waals surface area contributed by atoms with Crippen LogP contribution in [0.15, 0.2) is 42.2 Å². The maximum absolute atomic E-state index is 13.4. The number of piperazine rings is 1. The second-order valence-corrected chi connectivity index (χ2v) is 7.01. The zero-order valence-electron chi connectivity index (χ0n) is 15.1.